The van der Waals surface area contributed by atoms with Crippen molar-refractivity contribution in [2.45, 2.75) is 45.4 Å². The highest BCUT2D eigenvalue weighted by molar-refractivity contribution is 14.0. The Hall–Kier alpha value is -0.570. The van der Waals surface area contributed by atoms with E-state index >= 15 is 0 Å². The summed E-state index contributed by atoms with van der Waals surface area (Å²) in [5, 5.41) is 3.36. The second-order valence-corrected chi connectivity index (χ2v) is 5.91. The first-order valence-electron chi connectivity index (χ1n) is 8.47. The standard InChI is InChI=1S/C16H32N4O2.HI/c1-3-18-16(19-9-5-4-6-11-22-2)20-10-7-8-14(13-20)12-15(17)21;/h14H,3-13H2,1-2H3,(H2,17,21)(H,18,19);1H. The number of aliphatic imine (C=N–C) groups is 1. The number of ether oxygens (including phenoxy) is 1. The van der Waals surface area contributed by atoms with Gasteiger partial charge in [0, 0.05) is 46.3 Å². The summed E-state index contributed by atoms with van der Waals surface area (Å²) in [5.41, 5.74) is 5.33. The van der Waals surface area contributed by atoms with Crippen LogP contribution in [0, 0.1) is 5.92 Å². The lowest BCUT2D eigenvalue weighted by Gasteiger charge is -2.34. The molecule has 1 amide bonds. The highest BCUT2D eigenvalue weighted by atomic mass is 127. The Bertz CT molecular complexity index is 353. The Morgan fingerprint density at radius 3 is 2.83 bits per heavy atom. The normalized spacial score (nSPS) is 18.4. The molecule has 0 aromatic rings. The fraction of sp³-hybridized carbons (Fsp3) is 0.875. The molecule has 1 aliphatic heterocycles. The molecular weight excluding hydrogens is 407 g/mol. The number of piperidine rings is 1. The fourth-order valence-corrected chi connectivity index (χ4v) is 2.85. The van der Waals surface area contributed by atoms with Crippen molar-refractivity contribution in [1.29, 1.82) is 0 Å². The quantitative estimate of drug-likeness (QED) is 0.249. The Balaban J connectivity index is 0.00000484. The molecule has 136 valence electrons. The molecule has 0 aromatic heterocycles. The number of amides is 1. The van der Waals surface area contributed by atoms with E-state index in [9.17, 15) is 4.79 Å². The summed E-state index contributed by atoms with van der Waals surface area (Å²) >= 11 is 0. The zero-order valence-electron chi connectivity index (χ0n) is 14.6. The predicted molar refractivity (Wildman–Crippen MR) is 105 cm³/mol. The smallest absolute Gasteiger partial charge is 0.217 e. The van der Waals surface area contributed by atoms with Gasteiger partial charge in [-0.3, -0.25) is 9.79 Å². The minimum absolute atomic E-state index is 0. The molecule has 1 atom stereocenters. The van der Waals surface area contributed by atoms with Gasteiger partial charge in [0.2, 0.25) is 5.91 Å². The van der Waals surface area contributed by atoms with Gasteiger partial charge in [-0.1, -0.05) is 0 Å². The maximum absolute atomic E-state index is 11.1. The number of carbonyl (C=O) groups is 1. The van der Waals surface area contributed by atoms with Gasteiger partial charge in [0.05, 0.1) is 0 Å². The van der Waals surface area contributed by atoms with Crippen LogP contribution in [0.1, 0.15) is 45.4 Å². The number of carbonyl (C=O) groups excluding carboxylic acids is 1. The van der Waals surface area contributed by atoms with E-state index in [1.54, 1.807) is 7.11 Å². The molecule has 0 saturated carbocycles. The van der Waals surface area contributed by atoms with Gasteiger partial charge in [0.1, 0.15) is 0 Å². The number of nitrogens with two attached hydrogens (primary N) is 1. The van der Waals surface area contributed by atoms with Gasteiger partial charge < -0.3 is 20.7 Å². The van der Waals surface area contributed by atoms with E-state index in [1.807, 2.05) is 0 Å². The van der Waals surface area contributed by atoms with Gasteiger partial charge in [-0.25, -0.2) is 0 Å². The van der Waals surface area contributed by atoms with Crippen LogP contribution in [0.4, 0.5) is 0 Å². The summed E-state index contributed by atoms with van der Waals surface area (Å²) < 4.78 is 5.05. The van der Waals surface area contributed by atoms with E-state index in [1.165, 1.54) is 0 Å². The number of unbranched alkanes of at least 4 members (excludes halogenated alkanes) is 2. The summed E-state index contributed by atoms with van der Waals surface area (Å²) in [6.07, 6.45) is 5.96. The van der Waals surface area contributed by atoms with E-state index in [0.29, 0.717) is 12.3 Å². The van der Waals surface area contributed by atoms with Crippen LogP contribution in [0.15, 0.2) is 4.99 Å². The van der Waals surface area contributed by atoms with Crippen LogP contribution in [-0.2, 0) is 9.53 Å². The minimum Gasteiger partial charge on any atom is -0.385 e. The van der Waals surface area contributed by atoms with Gasteiger partial charge in [0.15, 0.2) is 5.96 Å². The van der Waals surface area contributed by atoms with E-state index < -0.39 is 0 Å². The zero-order valence-corrected chi connectivity index (χ0v) is 16.9. The SMILES string of the molecule is CCNC(=NCCCCCOC)N1CCCC(CC(N)=O)C1.I. The lowest BCUT2D eigenvalue weighted by Crippen LogP contribution is -2.47. The summed E-state index contributed by atoms with van der Waals surface area (Å²) in [4.78, 5) is 18.1. The van der Waals surface area contributed by atoms with Crippen molar-refractivity contribution in [2.75, 3.05) is 39.9 Å². The number of guanidine groups is 1. The molecule has 1 saturated heterocycles. The van der Waals surface area contributed by atoms with Crippen molar-refractivity contribution >= 4 is 35.8 Å². The Morgan fingerprint density at radius 2 is 2.17 bits per heavy atom. The Kier molecular flexibility index (Phi) is 13.5. The first kappa shape index (κ1) is 22.4. The predicted octanol–water partition coefficient (Wildman–Crippen LogP) is 1.97. The zero-order chi connectivity index (χ0) is 16.2. The minimum atomic E-state index is -0.202. The molecule has 6 nitrogen and oxygen atoms in total. The number of nitrogens with one attached hydrogen (secondary N) is 1. The average Bonchev–Trinajstić information content (AvgIpc) is 2.49. The molecule has 0 aromatic carbocycles. The fourth-order valence-electron chi connectivity index (χ4n) is 2.85. The Morgan fingerprint density at radius 1 is 1.39 bits per heavy atom. The van der Waals surface area contributed by atoms with Crippen molar-refractivity contribution in [2.24, 2.45) is 16.6 Å². The summed E-state index contributed by atoms with van der Waals surface area (Å²) in [6.45, 7) is 6.48. The number of rotatable bonds is 9. The van der Waals surface area contributed by atoms with Crippen LogP contribution >= 0.6 is 24.0 Å². The third kappa shape index (κ3) is 10.0. The molecule has 1 rings (SSSR count). The second kappa shape index (κ2) is 13.8. The number of methoxy groups -OCH3 is 1. The summed E-state index contributed by atoms with van der Waals surface area (Å²) in [5.74, 6) is 1.13. The van der Waals surface area contributed by atoms with Crippen molar-refractivity contribution in [3.63, 3.8) is 0 Å². The summed E-state index contributed by atoms with van der Waals surface area (Å²) in [7, 11) is 1.74. The number of hydrogen-bond acceptors (Lipinski definition) is 3. The van der Waals surface area contributed by atoms with E-state index in [-0.39, 0.29) is 29.9 Å². The number of primary amides is 1. The highest BCUT2D eigenvalue weighted by Crippen LogP contribution is 2.19. The van der Waals surface area contributed by atoms with Crippen LogP contribution < -0.4 is 11.1 Å². The lowest BCUT2D eigenvalue weighted by molar-refractivity contribution is -0.119. The molecule has 23 heavy (non-hydrogen) atoms. The highest BCUT2D eigenvalue weighted by Gasteiger charge is 2.23. The number of halogens is 1. The van der Waals surface area contributed by atoms with Crippen molar-refractivity contribution in [3.05, 3.63) is 0 Å². The molecule has 0 bridgehead atoms. The topological polar surface area (TPSA) is 80.0 Å². The average molecular weight is 440 g/mol. The van der Waals surface area contributed by atoms with Crippen LogP contribution in [0.2, 0.25) is 0 Å². The third-order valence-corrected chi connectivity index (χ3v) is 3.91. The van der Waals surface area contributed by atoms with Crippen LogP contribution in [0.5, 0.6) is 0 Å². The molecule has 0 radical (unpaired) electrons. The number of nitrogens with zero attached hydrogens (tertiary/aromatic N) is 2. The molecule has 3 N–H and O–H groups in total. The van der Waals surface area contributed by atoms with Crippen LogP contribution in [0.25, 0.3) is 0 Å². The first-order valence-corrected chi connectivity index (χ1v) is 8.47. The van der Waals surface area contributed by atoms with E-state index in [0.717, 1.165) is 70.8 Å². The van der Waals surface area contributed by atoms with Gasteiger partial charge in [-0.15, -0.1) is 24.0 Å². The van der Waals surface area contributed by atoms with E-state index in [2.05, 4.69) is 17.1 Å². The summed E-state index contributed by atoms with van der Waals surface area (Å²) in [6, 6.07) is 0. The molecule has 1 fully saturated rings. The van der Waals surface area contributed by atoms with Gasteiger partial charge in [-0.2, -0.15) is 0 Å². The molecule has 7 heteroatoms. The Labute approximate surface area is 157 Å². The molecular formula is C16H33IN4O2. The molecule has 1 aliphatic rings. The van der Waals surface area contributed by atoms with Gasteiger partial charge in [-0.05, 0) is 44.9 Å². The monoisotopic (exact) mass is 440 g/mol. The van der Waals surface area contributed by atoms with Crippen molar-refractivity contribution < 1.29 is 9.53 Å². The maximum atomic E-state index is 11.1. The second-order valence-electron chi connectivity index (χ2n) is 5.91. The lowest BCUT2D eigenvalue weighted by atomic mass is 9.95. The third-order valence-electron chi connectivity index (χ3n) is 3.91. The van der Waals surface area contributed by atoms with E-state index in [4.69, 9.17) is 15.5 Å². The van der Waals surface area contributed by atoms with Crippen molar-refractivity contribution in [1.82, 2.24) is 10.2 Å². The maximum Gasteiger partial charge on any atom is 0.217 e. The molecule has 0 spiro atoms. The van der Waals surface area contributed by atoms with Gasteiger partial charge in [0.25, 0.3) is 0 Å². The van der Waals surface area contributed by atoms with Crippen LogP contribution in [0.3, 0.4) is 0 Å². The largest absolute Gasteiger partial charge is 0.385 e. The molecule has 1 unspecified atom stereocenters. The van der Waals surface area contributed by atoms with Crippen molar-refractivity contribution in [3.8, 4) is 0 Å². The number of likely N-dealkylation sites (tertiary alicyclic amines) is 1. The van der Waals surface area contributed by atoms with Crippen LogP contribution in [-0.4, -0.2) is 56.7 Å². The van der Waals surface area contributed by atoms with Gasteiger partial charge >= 0.3 is 0 Å². The number of hydrogen-bond donors (Lipinski definition) is 2. The molecule has 1 heterocycles. The molecule has 0 aliphatic carbocycles. The first-order chi connectivity index (χ1) is 10.7.